The van der Waals surface area contributed by atoms with Crippen LogP contribution < -0.4 is 20.1 Å². The van der Waals surface area contributed by atoms with Gasteiger partial charge < -0.3 is 39.4 Å². The number of methoxy groups -OCH3 is 2. The van der Waals surface area contributed by atoms with Gasteiger partial charge in [0, 0.05) is 0 Å². The molecule has 0 radical (unpaired) electrons. The van der Waals surface area contributed by atoms with Crippen molar-refractivity contribution in [2.45, 2.75) is 42.3 Å². The average molecular weight is 575 g/mol. The molecule has 6 rings (SSSR count). The van der Waals surface area contributed by atoms with Gasteiger partial charge >= 0.3 is 0 Å². The fourth-order valence-corrected chi connectivity index (χ4v) is 5.86. The summed E-state index contributed by atoms with van der Waals surface area (Å²) in [4.78, 5) is 18.2. The average Bonchev–Trinajstić information content (AvgIpc) is 3.59. The molecule has 4 N–H and O–H groups in total. The van der Waals surface area contributed by atoms with Crippen molar-refractivity contribution < 1.29 is 34.0 Å². The van der Waals surface area contributed by atoms with Crippen molar-refractivity contribution >= 4 is 12.2 Å². The van der Waals surface area contributed by atoms with Crippen molar-refractivity contribution in [3.63, 3.8) is 0 Å². The molecule has 1 amide bonds. The van der Waals surface area contributed by atoms with Crippen LogP contribution >= 0.6 is 0 Å². The van der Waals surface area contributed by atoms with Crippen molar-refractivity contribution in [3.05, 3.63) is 95.6 Å². The van der Waals surface area contributed by atoms with E-state index >= 15 is 0 Å². The molecule has 3 aliphatic rings. The maximum Gasteiger partial charge on any atom is 0.249 e. The number of benzene rings is 3. The van der Waals surface area contributed by atoms with Crippen LogP contribution in [0.2, 0.25) is 0 Å². The number of carbonyl (C=O) groups excluding carboxylic acids is 1. The molecule has 0 bridgehead atoms. The van der Waals surface area contributed by atoms with E-state index in [2.05, 4.69) is 15.6 Å². The Hall–Kier alpha value is -4.00. The first-order valence-corrected chi connectivity index (χ1v) is 13.8. The first-order valence-electron chi connectivity index (χ1n) is 13.8. The lowest BCUT2D eigenvalue weighted by atomic mass is 9.80. The molecular formula is C31H34N4O7. The fraction of sp³-hybridized carbons (Fsp3) is 0.355. The maximum atomic E-state index is 12.3. The van der Waals surface area contributed by atoms with Gasteiger partial charge in [-0.05, 0) is 41.0 Å². The minimum Gasteiger partial charge on any atom is -0.497 e. The molecule has 11 nitrogen and oxygen atoms in total. The van der Waals surface area contributed by atoms with E-state index in [-0.39, 0.29) is 19.2 Å². The third-order valence-corrected chi connectivity index (χ3v) is 8.09. The lowest BCUT2D eigenvalue weighted by molar-refractivity contribution is -0.130. The fourth-order valence-electron chi connectivity index (χ4n) is 5.86. The predicted molar refractivity (Wildman–Crippen MR) is 153 cm³/mol. The summed E-state index contributed by atoms with van der Waals surface area (Å²) in [5.41, 5.74) is 1.40. The minimum absolute atomic E-state index is 0.0608. The van der Waals surface area contributed by atoms with Crippen LogP contribution in [0.3, 0.4) is 0 Å². The van der Waals surface area contributed by atoms with Gasteiger partial charge in [0.15, 0.2) is 12.3 Å². The Bertz CT molecular complexity index is 1360. The Balaban J connectivity index is 1.34. The molecule has 3 aromatic rings. The molecule has 6 atom stereocenters. The van der Waals surface area contributed by atoms with Crippen LogP contribution in [0.4, 0.5) is 0 Å². The number of aliphatic imine (C=N–C) groups is 1. The number of aliphatic hydroxyl groups is 2. The quantitative estimate of drug-likeness (QED) is 0.278. The number of rotatable bonds is 9. The van der Waals surface area contributed by atoms with Gasteiger partial charge in [-0.15, -0.1) is 0 Å². The van der Waals surface area contributed by atoms with Gasteiger partial charge in [-0.3, -0.25) is 15.1 Å². The second-order valence-corrected chi connectivity index (χ2v) is 10.4. The van der Waals surface area contributed by atoms with Crippen molar-refractivity contribution in [1.29, 1.82) is 0 Å². The minimum atomic E-state index is -1.26. The van der Waals surface area contributed by atoms with Crippen molar-refractivity contribution in [1.82, 2.24) is 15.5 Å². The first-order chi connectivity index (χ1) is 20.5. The molecule has 0 spiro atoms. The second kappa shape index (κ2) is 11.7. The molecule has 220 valence electrons. The number of hydrogen-bond donors (Lipinski definition) is 4. The summed E-state index contributed by atoms with van der Waals surface area (Å²) in [5, 5.41) is 28.1. The van der Waals surface area contributed by atoms with Crippen LogP contribution in [0.15, 0.2) is 83.9 Å². The standard InChI is InChI=1S/C31H34N4O7/c1-39-22-12-8-20(9-13-22)31(19-6-4-3-5-7-19,21-10-14-23(40-2)15-11-21)41-16-24-26(36)27(37)30(42-24)35-18-34-25-28(35)32-17-33-29(25)38/h3-15,18,24-28,30,32,36-37H,16-17H2,1-2H3,(H,33,38)/t24-,25?,26-,27-,28?,30-/m1/s1. The van der Waals surface area contributed by atoms with E-state index in [1.165, 1.54) is 6.34 Å². The van der Waals surface area contributed by atoms with E-state index in [1.54, 1.807) is 19.1 Å². The molecule has 2 fully saturated rings. The van der Waals surface area contributed by atoms with Crippen molar-refractivity contribution in [3.8, 4) is 11.5 Å². The van der Waals surface area contributed by atoms with Crippen LogP contribution in [0, 0.1) is 0 Å². The number of ether oxygens (including phenoxy) is 4. The summed E-state index contributed by atoms with van der Waals surface area (Å²) in [7, 11) is 3.23. The van der Waals surface area contributed by atoms with Gasteiger partial charge in [-0.25, -0.2) is 0 Å². The maximum absolute atomic E-state index is 12.3. The number of nitrogens with zero attached hydrogens (tertiary/aromatic N) is 2. The van der Waals surface area contributed by atoms with Crippen LogP contribution in [0.5, 0.6) is 11.5 Å². The highest BCUT2D eigenvalue weighted by molar-refractivity contribution is 5.86. The molecule has 2 saturated heterocycles. The van der Waals surface area contributed by atoms with Crippen LogP contribution in [-0.2, 0) is 19.9 Å². The van der Waals surface area contributed by atoms with E-state index in [4.69, 9.17) is 18.9 Å². The molecule has 3 aromatic carbocycles. The highest BCUT2D eigenvalue weighted by Gasteiger charge is 2.51. The van der Waals surface area contributed by atoms with Crippen LogP contribution in [0.25, 0.3) is 0 Å². The lowest BCUT2D eigenvalue weighted by Gasteiger charge is -2.37. The third kappa shape index (κ3) is 4.89. The van der Waals surface area contributed by atoms with E-state index in [0.717, 1.165) is 16.7 Å². The molecule has 2 unspecified atom stereocenters. The first kappa shape index (κ1) is 28.1. The molecular weight excluding hydrogens is 540 g/mol. The zero-order chi connectivity index (χ0) is 29.3. The van der Waals surface area contributed by atoms with E-state index in [1.807, 2.05) is 78.9 Å². The van der Waals surface area contributed by atoms with Gasteiger partial charge in [0.25, 0.3) is 0 Å². The van der Waals surface area contributed by atoms with E-state index < -0.39 is 42.3 Å². The van der Waals surface area contributed by atoms with Crippen LogP contribution in [0.1, 0.15) is 16.7 Å². The van der Waals surface area contributed by atoms with Gasteiger partial charge in [-0.1, -0.05) is 54.6 Å². The predicted octanol–water partition coefficient (Wildman–Crippen LogP) is 1.17. The summed E-state index contributed by atoms with van der Waals surface area (Å²) in [6.07, 6.45) is -3.33. The highest BCUT2D eigenvalue weighted by Crippen LogP contribution is 2.42. The normalized spacial score (nSPS) is 27.0. The number of carbonyl (C=O) groups is 1. The zero-order valence-corrected chi connectivity index (χ0v) is 23.3. The van der Waals surface area contributed by atoms with Gasteiger partial charge in [0.1, 0.15) is 41.6 Å². The third-order valence-electron chi connectivity index (χ3n) is 8.09. The Morgan fingerprint density at radius 1 is 0.905 bits per heavy atom. The number of fused-ring (bicyclic) bond motifs is 1. The zero-order valence-electron chi connectivity index (χ0n) is 23.3. The summed E-state index contributed by atoms with van der Waals surface area (Å²) < 4.78 is 23.9. The molecule has 3 heterocycles. The van der Waals surface area contributed by atoms with Crippen LogP contribution in [-0.4, -0.2) is 91.6 Å². The number of amides is 1. The van der Waals surface area contributed by atoms with E-state index in [0.29, 0.717) is 11.5 Å². The summed E-state index contributed by atoms with van der Waals surface area (Å²) in [6, 6.07) is 24.4. The van der Waals surface area contributed by atoms with Crippen molar-refractivity contribution in [2.75, 3.05) is 27.5 Å². The Morgan fingerprint density at radius 3 is 2.10 bits per heavy atom. The summed E-state index contributed by atoms with van der Waals surface area (Å²) in [5.74, 6) is 1.19. The Labute approximate surface area is 243 Å². The van der Waals surface area contributed by atoms with Gasteiger partial charge in [0.05, 0.1) is 33.8 Å². The number of aliphatic hydroxyl groups excluding tert-OH is 2. The Morgan fingerprint density at radius 2 is 1.50 bits per heavy atom. The SMILES string of the molecule is COc1ccc(C(OC[C@H]2O[C@@H](N3C=NC4C(=O)NCNC43)[C@H](O)[C@@H]2O)(c2ccccc2)c2ccc(OC)cc2)cc1. The molecule has 0 aromatic heterocycles. The number of hydrogen-bond acceptors (Lipinski definition) is 10. The smallest absolute Gasteiger partial charge is 0.249 e. The van der Waals surface area contributed by atoms with Gasteiger partial charge in [0.2, 0.25) is 5.91 Å². The lowest BCUT2D eigenvalue weighted by Crippen LogP contribution is -2.63. The molecule has 0 saturated carbocycles. The second-order valence-electron chi connectivity index (χ2n) is 10.4. The highest BCUT2D eigenvalue weighted by atomic mass is 16.6. The topological polar surface area (TPSA) is 134 Å². The monoisotopic (exact) mass is 574 g/mol. The largest absolute Gasteiger partial charge is 0.497 e. The summed E-state index contributed by atoms with van der Waals surface area (Å²) >= 11 is 0. The molecule has 42 heavy (non-hydrogen) atoms. The molecule has 11 heteroatoms. The summed E-state index contributed by atoms with van der Waals surface area (Å²) in [6.45, 7) is 0.204. The van der Waals surface area contributed by atoms with Gasteiger partial charge in [-0.2, -0.15) is 0 Å². The number of nitrogens with one attached hydrogen (secondary N) is 2. The van der Waals surface area contributed by atoms with Crippen molar-refractivity contribution in [2.24, 2.45) is 4.99 Å². The molecule has 3 aliphatic heterocycles. The molecule has 0 aliphatic carbocycles. The van der Waals surface area contributed by atoms with E-state index in [9.17, 15) is 15.0 Å². The Kier molecular flexibility index (Phi) is 7.84.